The molecule has 1 saturated carbocycles. The van der Waals surface area contributed by atoms with E-state index >= 15 is 0 Å². The Hall–Kier alpha value is -3.14. The molecule has 0 saturated heterocycles. The molecule has 1 fully saturated rings. The van der Waals surface area contributed by atoms with Gasteiger partial charge in [0.15, 0.2) is 11.6 Å². The van der Waals surface area contributed by atoms with E-state index in [1.807, 2.05) is 26.9 Å². The van der Waals surface area contributed by atoms with Crippen LogP contribution in [0.5, 0.6) is 0 Å². The summed E-state index contributed by atoms with van der Waals surface area (Å²) in [6.07, 6.45) is 15.0. The number of nitrogens with zero attached hydrogens (tertiary/aromatic N) is 9. The maximum Gasteiger partial charge on any atom is 0.237 e. The van der Waals surface area contributed by atoms with E-state index in [9.17, 15) is 0 Å². The molecule has 0 N–H and O–H groups in total. The minimum atomic E-state index is 0.166. The van der Waals surface area contributed by atoms with Crippen LogP contribution in [0.3, 0.4) is 0 Å². The Bertz CT molecular complexity index is 1170. The van der Waals surface area contributed by atoms with Gasteiger partial charge in [0.2, 0.25) is 5.95 Å². The highest BCUT2D eigenvalue weighted by Gasteiger charge is 2.38. The summed E-state index contributed by atoms with van der Waals surface area (Å²) in [6.45, 7) is 2.20. The Kier molecular flexibility index (Phi) is 4.12. The molecule has 2 aliphatic rings. The van der Waals surface area contributed by atoms with Crippen LogP contribution in [0.2, 0.25) is 0 Å². The molecule has 1 aliphatic carbocycles. The maximum absolute atomic E-state index is 5.03. The highest BCUT2D eigenvalue weighted by molar-refractivity contribution is 7.13. The first-order valence-corrected chi connectivity index (χ1v) is 11.2. The third kappa shape index (κ3) is 2.67. The van der Waals surface area contributed by atoms with Crippen LogP contribution >= 0.6 is 11.3 Å². The molecule has 5 heterocycles. The van der Waals surface area contributed by atoms with Crippen molar-refractivity contribution >= 4 is 17.2 Å². The van der Waals surface area contributed by atoms with Gasteiger partial charge in [-0.05, 0) is 19.3 Å². The average Bonchev–Trinajstić information content (AvgIpc) is 3.58. The second-order valence-corrected chi connectivity index (χ2v) is 8.61. The van der Waals surface area contributed by atoms with E-state index < -0.39 is 0 Å². The summed E-state index contributed by atoms with van der Waals surface area (Å²) in [5, 5.41) is 11.5. The fraction of sp³-hybridized carbons (Fsp3) is 0.400. The van der Waals surface area contributed by atoms with Crippen LogP contribution < -0.4 is 4.90 Å². The van der Waals surface area contributed by atoms with E-state index in [2.05, 4.69) is 37.0 Å². The third-order valence-corrected chi connectivity index (χ3v) is 6.81. The molecule has 0 aromatic carbocycles. The van der Waals surface area contributed by atoms with Crippen molar-refractivity contribution in [1.29, 1.82) is 0 Å². The molecule has 1 aliphatic heterocycles. The summed E-state index contributed by atoms with van der Waals surface area (Å²) >= 11 is 1.57. The van der Waals surface area contributed by atoms with Crippen molar-refractivity contribution in [1.82, 2.24) is 39.3 Å². The number of aromatic nitrogens is 8. The zero-order valence-corrected chi connectivity index (χ0v) is 17.4. The monoisotopic (exact) mass is 419 g/mol. The molecule has 0 bridgehead atoms. The molecule has 6 rings (SSSR count). The Morgan fingerprint density at radius 1 is 1.13 bits per heavy atom. The van der Waals surface area contributed by atoms with E-state index in [1.165, 1.54) is 25.7 Å². The number of hydrogen-bond donors (Lipinski definition) is 0. The number of fused-ring (bicyclic) bond motifs is 3. The number of imidazole rings is 1. The lowest BCUT2D eigenvalue weighted by atomic mass is 10.0. The predicted molar refractivity (Wildman–Crippen MR) is 113 cm³/mol. The van der Waals surface area contributed by atoms with Crippen LogP contribution in [0.1, 0.15) is 50.9 Å². The van der Waals surface area contributed by atoms with Gasteiger partial charge in [0.25, 0.3) is 0 Å². The van der Waals surface area contributed by atoms with Gasteiger partial charge in [-0.3, -0.25) is 9.13 Å². The predicted octanol–water partition coefficient (Wildman–Crippen LogP) is 3.58. The molecular weight excluding hydrogens is 398 g/mol. The largest absolute Gasteiger partial charge is 0.341 e. The van der Waals surface area contributed by atoms with Crippen molar-refractivity contribution in [3.05, 3.63) is 42.4 Å². The topological polar surface area (TPSA) is 90.4 Å². The van der Waals surface area contributed by atoms with Gasteiger partial charge < -0.3 is 4.90 Å². The molecule has 10 heteroatoms. The molecule has 1 atom stereocenters. The summed E-state index contributed by atoms with van der Waals surface area (Å²) in [6, 6.07) is 0.634. The van der Waals surface area contributed by atoms with Crippen molar-refractivity contribution < 1.29 is 0 Å². The van der Waals surface area contributed by atoms with Gasteiger partial charge in [-0.25, -0.2) is 15.0 Å². The number of anilines is 1. The third-order valence-electron chi connectivity index (χ3n) is 6.02. The van der Waals surface area contributed by atoms with Gasteiger partial charge in [0.1, 0.15) is 29.0 Å². The van der Waals surface area contributed by atoms with E-state index in [0.717, 1.165) is 34.5 Å². The summed E-state index contributed by atoms with van der Waals surface area (Å²) in [5.41, 5.74) is 1.77. The molecule has 0 unspecified atom stereocenters. The quantitative estimate of drug-likeness (QED) is 0.499. The molecular formula is C20H21N9S. The minimum absolute atomic E-state index is 0.166. The molecule has 9 nitrogen and oxygen atoms in total. The van der Waals surface area contributed by atoms with E-state index in [0.29, 0.717) is 12.0 Å². The SMILES string of the molecule is CC[C@@H]1c2nncn2-c2cnc(-n3cnc(-c4nccs4)c3)nc2N1C1CCCC1. The first-order valence-electron chi connectivity index (χ1n) is 10.3. The van der Waals surface area contributed by atoms with Crippen molar-refractivity contribution in [3.8, 4) is 22.3 Å². The Morgan fingerprint density at radius 3 is 2.83 bits per heavy atom. The fourth-order valence-corrected chi connectivity index (χ4v) is 5.25. The van der Waals surface area contributed by atoms with Crippen LogP contribution in [0, 0.1) is 0 Å². The fourth-order valence-electron chi connectivity index (χ4n) is 4.65. The van der Waals surface area contributed by atoms with Crippen molar-refractivity contribution in [2.45, 2.75) is 51.1 Å². The van der Waals surface area contributed by atoms with Crippen LogP contribution in [0.25, 0.3) is 22.3 Å². The molecule has 4 aromatic heterocycles. The molecule has 152 valence electrons. The number of rotatable bonds is 4. The van der Waals surface area contributed by atoms with Gasteiger partial charge in [-0.1, -0.05) is 19.8 Å². The van der Waals surface area contributed by atoms with Gasteiger partial charge in [-0.15, -0.1) is 21.5 Å². The zero-order valence-electron chi connectivity index (χ0n) is 16.6. The summed E-state index contributed by atoms with van der Waals surface area (Å²) in [5.74, 6) is 2.54. The lowest BCUT2D eigenvalue weighted by Gasteiger charge is -2.40. The molecule has 0 amide bonds. The van der Waals surface area contributed by atoms with Crippen molar-refractivity contribution in [3.63, 3.8) is 0 Å². The van der Waals surface area contributed by atoms with Crippen LogP contribution in [-0.2, 0) is 0 Å². The number of thiazole rings is 1. The Labute approximate surface area is 177 Å². The van der Waals surface area contributed by atoms with Crippen LogP contribution in [0.4, 0.5) is 5.82 Å². The van der Waals surface area contributed by atoms with Gasteiger partial charge in [0, 0.05) is 23.8 Å². The minimum Gasteiger partial charge on any atom is -0.341 e. The van der Waals surface area contributed by atoms with E-state index in [-0.39, 0.29) is 6.04 Å². The normalized spacial score (nSPS) is 18.6. The van der Waals surface area contributed by atoms with Crippen molar-refractivity contribution in [2.24, 2.45) is 0 Å². The highest BCUT2D eigenvalue weighted by atomic mass is 32.1. The Morgan fingerprint density at radius 2 is 2.03 bits per heavy atom. The van der Waals surface area contributed by atoms with Gasteiger partial charge >= 0.3 is 0 Å². The van der Waals surface area contributed by atoms with Crippen LogP contribution in [-0.4, -0.2) is 45.3 Å². The lowest BCUT2D eigenvalue weighted by molar-refractivity contribution is 0.468. The van der Waals surface area contributed by atoms with Gasteiger partial charge in [0.05, 0.1) is 12.2 Å². The second kappa shape index (κ2) is 6.98. The molecule has 4 aromatic rings. The molecule has 0 spiro atoms. The highest BCUT2D eigenvalue weighted by Crippen LogP contribution is 2.42. The Balaban J connectivity index is 1.47. The zero-order chi connectivity index (χ0) is 20.1. The first kappa shape index (κ1) is 17.7. The number of hydrogen-bond acceptors (Lipinski definition) is 8. The maximum atomic E-state index is 5.03. The van der Waals surface area contributed by atoms with Crippen molar-refractivity contribution in [2.75, 3.05) is 4.90 Å². The smallest absolute Gasteiger partial charge is 0.237 e. The van der Waals surface area contributed by atoms with Gasteiger partial charge in [-0.2, -0.15) is 4.98 Å². The molecule has 30 heavy (non-hydrogen) atoms. The van der Waals surface area contributed by atoms with E-state index in [1.54, 1.807) is 30.2 Å². The molecule has 0 radical (unpaired) electrons. The summed E-state index contributed by atoms with van der Waals surface area (Å²) < 4.78 is 3.90. The standard InChI is InChI=1S/C20H21N9S/c1-2-15-18-26-24-12-28(18)16-9-22-20(25-17(16)29(15)13-5-3-4-6-13)27-10-14(23-11-27)19-21-7-8-30-19/h7-13,15H,2-6H2,1H3/t15-/m1/s1. The summed E-state index contributed by atoms with van der Waals surface area (Å²) in [7, 11) is 0. The average molecular weight is 420 g/mol. The van der Waals surface area contributed by atoms with Crippen LogP contribution in [0.15, 0.2) is 36.6 Å². The summed E-state index contributed by atoms with van der Waals surface area (Å²) in [4.78, 5) is 21.0. The first-order chi connectivity index (χ1) is 14.8. The second-order valence-electron chi connectivity index (χ2n) is 7.71. The lowest BCUT2D eigenvalue weighted by Crippen LogP contribution is -2.42. The van der Waals surface area contributed by atoms with E-state index in [4.69, 9.17) is 4.98 Å².